The minimum absolute atomic E-state index is 0.0199. The highest BCUT2D eigenvalue weighted by Gasteiger charge is 2.30. The summed E-state index contributed by atoms with van der Waals surface area (Å²) in [7, 11) is 3.87. The fourth-order valence-corrected chi connectivity index (χ4v) is 5.75. The molecule has 2 fully saturated rings. The second-order valence-electron chi connectivity index (χ2n) is 12.0. The molecule has 0 unspecified atom stereocenters. The van der Waals surface area contributed by atoms with E-state index in [0.29, 0.717) is 41.9 Å². The van der Waals surface area contributed by atoms with Crippen molar-refractivity contribution in [1.29, 1.82) is 5.41 Å². The number of rotatable bonds is 11. The first-order chi connectivity index (χ1) is 21.3. The first-order valence-corrected chi connectivity index (χ1v) is 15.5. The lowest BCUT2D eigenvalue weighted by atomic mass is 9.88. The van der Waals surface area contributed by atoms with Gasteiger partial charge in [-0.05, 0) is 86.9 Å². The maximum absolute atomic E-state index is 13.7. The van der Waals surface area contributed by atoms with Gasteiger partial charge in [-0.1, -0.05) is 24.3 Å². The Bertz CT molecular complexity index is 1500. The van der Waals surface area contributed by atoms with E-state index in [1.54, 1.807) is 18.3 Å². The van der Waals surface area contributed by atoms with Gasteiger partial charge >= 0.3 is 0 Å². The van der Waals surface area contributed by atoms with E-state index in [9.17, 15) is 9.59 Å². The molecule has 2 aliphatic rings. The van der Waals surface area contributed by atoms with Crippen molar-refractivity contribution in [2.45, 2.75) is 57.5 Å². The van der Waals surface area contributed by atoms with E-state index in [2.05, 4.69) is 50.1 Å². The van der Waals surface area contributed by atoms with E-state index >= 15 is 0 Å². The van der Waals surface area contributed by atoms with Gasteiger partial charge in [0, 0.05) is 69.0 Å². The van der Waals surface area contributed by atoms with Gasteiger partial charge < -0.3 is 31.2 Å². The van der Waals surface area contributed by atoms with E-state index in [0.717, 1.165) is 48.3 Å². The van der Waals surface area contributed by atoms with Crippen LogP contribution in [0, 0.1) is 5.41 Å². The summed E-state index contributed by atoms with van der Waals surface area (Å²) in [6, 6.07) is 18.3. The number of hydrogen-bond acceptors (Lipinski definition) is 7. The molecule has 44 heavy (non-hydrogen) atoms. The van der Waals surface area contributed by atoms with E-state index in [1.165, 1.54) is 11.8 Å². The Hall–Kier alpha value is -4.66. The van der Waals surface area contributed by atoms with Crippen LogP contribution in [-0.4, -0.2) is 67.2 Å². The number of amides is 2. The van der Waals surface area contributed by atoms with Gasteiger partial charge in [-0.2, -0.15) is 0 Å². The molecule has 4 N–H and O–H groups in total. The standard InChI is InChI=1S/C35H43N7O2/c1-23(2)39-33-14-10-28(22-38-33)34(43)40-31-19-27(9-13-32(31)41(4)30-11-12-30)35(44)42-17-15-26(16-18-42)24-5-7-25(8-6-24)29(20-36)21-37-3/h5-10,13-14,19-23,26,30,36-37H,11-12,15-18H2,1-4H3,(H,38,39)(H,40,43)/b29-21+,36-20?. The van der Waals surface area contributed by atoms with Gasteiger partial charge in [-0.25, -0.2) is 4.98 Å². The number of piperidine rings is 1. The molecule has 1 saturated carbocycles. The van der Waals surface area contributed by atoms with E-state index in [4.69, 9.17) is 5.41 Å². The monoisotopic (exact) mass is 593 g/mol. The van der Waals surface area contributed by atoms with Crippen molar-refractivity contribution >= 4 is 40.8 Å². The lowest BCUT2D eigenvalue weighted by molar-refractivity contribution is 0.0712. The average Bonchev–Trinajstić information content (AvgIpc) is 3.89. The summed E-state index contributed by atoms with van der Waals surface area (Å²) in [4.78, 5) is 35.4. The smallest absolute Gasteiger partial charge is 0.257 e. The molecule has 1 aromatic heterocycles. The van der Waals surface area contributed by atoms with Crippen molar-refractivity contribution in [2.75, 3.05) is 42.7 Å². The Morgan fingerprint density at radius 1 is 0.977 bits per heavy atom. The minimum atomic E-state index is -0.260. The first kappa shape index (κ1) is 30.8. The number of allylic oxidation sites excluding steroid dienone is 1. The number of hydrogen-bond donors (Lipinski definition) is 4. The number of benzene rings is 2. The molecule has 230 valence electrons. The highest BCUT2D eigenvalue weighted by molar-refractivity contribution is 6.08. The highest BCUT2D eigenvalue weighted by Crippen LogP contribution is 2.36. The zero-order chi connectivity index (χ0) is 31.2. The van der Waals surface area contributed by atoms with Crippen LogP contribution in [0.4, 0.5) is 17.2 Å². The third-order valence-corrected chi connectivity index (χ3v) is 8.38. The van der Waals surface area contributed by atoms with E-state index in [-0.39, 0.29) is 17.9 Å². The summed E-state index contributed by atoms with van der Waals surface area (Å²) in [5.74, 6) is 0.820. The summed E-state index contributed by atoms with van der Waals surface area (Å²) in [6.07, 6.45) is 8.75. The van der Waals surface area contributed by atoms with Gasteiger partial charge in [0.2, 0.25) is 0 Å². The Kier molecular flexibility index (Phi) is 9.62. The van der Waals surface area contributed by atoms with Crippen molar-refractivity contribution in [3.05, 3.63) is 89.2 Å². The van der Waals surface area contributed by atoms with Crippen LogP contribution >= 0.6 is 0 Å². The molecule has 1 aliphatic heterocycles. The number of nitrogens with zero attached hydrogens (tertiary/aromatic N) is 3. The lowest BCUT2D eigenvalue weighted by Crippen LogP contribution is -2.38. The van der Waals surface area contributed by atoms with Crippen LogP contribution in [0.25, 0.3) is 5.57 Å². The molecule has 1 aliphatic carbocycles. The number of nitrogens with one attached hydrogen (secondary N) is 4. The van der Waals surface area contributed by atoms with Gasteiger partial charge in [0.25, 0.3) is 11.8 Å². The second-order valence-corrected chi connectivity index (χ2v) is 12.0. The minimum Gasteiger partial charge on any atom is -0.393 e. The predicted molar refractivity (Wildman–Crippen MR) is 179 cm³/mol. The largest absolute Gasteiger partial charge is 0.393 e. The van der Waals surface area contributed by atoms with Crippen LogP contribution in [0.3, 0.4) is 0 Å². The quantitative estimate of drug-likeness (QED) is 0.203. The predicted octanol–water partition coefficient (Wildman–Crippen LogP) is 5.98. The number of carbonyl (C=O) groups is 2. The van der Waals surface area contributed by atoms with Crippen molar-refractivity contribution < 1.29 is 9.59 Å². The zero-order valence-electron chi connectivity index (χ0n) is 26.1. The van der Waals surface area contributed by atoms with Crippen molar-refractivity contribution in [1.82, 2.24) is 15.2 Å². The van der Waals surface area contributed by atoms with E-state index < -0.39 is 0 Å². The van der Waals surface area contributed by atoms with Crippen LogP contribution in [0.1, 0.15) is 77.3 Å². The molecule has 1 saturated heterocycles. The Labute approximate surface area is 260 Å². The molecule has 2 aromatic carbocycles. The van der Waals surface area contributed by atoms with Crippen LogP contribution in [-0.2, 0) is 0 Å². The highest BCUT2D eigenvalue weighted by atomic mass is 16.2. The van der Waals surface area contributed by atoms with Crippen LogP contribution < -0.4 is 20.9 Å². The van der Waals surface area contributed by atoms with Gasteiger partial charge in [0.15, 0.2) is 0 Å². The fourth-order valence-electron chi connectivity index (χ4n) is 5.75. The van der Waals surface area contributed by atoms with Gasteiger partial charge in [0.05, 0.1) is 16.9 Å². The molecular weight excluding hydrogens is 550 g/mol. The molecule has 9 nitrogen and oxygen atoms in total. The SMILES string of the molecule is CN/C=C(\C=N)c1ccc(C2CCN(C(=O)c3ccc(N(C)C4CC4)c(NC(=O)c4ccc(NC(C)C)nc4)c3)CC2)cc1. The molecule has 0 atom stereocenters. The third kappa shape index (κ3) is 7.27. The number of anilines is 3. The van der Waals surface area contributed by atoms with Crippen molar-refractivity contribution in [3.8, 4) is 0 Å². The van der Waals surface area contributed by atoms with Crippen molar-refractivity contribution in [3.63, 3.8) is 0 Å². The van der Waals surface area contributed by atoms with Gasteiger partial charge in [-0.15, -0.1) is 0 Å². The summed E-state index contributed by atoms with van der Waals surface area (Å²) in [5, 5.41) is 16.9. The topological polar surface area (TPSA) is 113 Å². The molecule has 2 heterocycles. The molecule has 0 radical (unpaired) electrons. The van der Waals surface area contributed by atoms with Crippen LogP contribution in [0.15, 0.2) is 67.0 Å². The molecule has 3 aromatic rings. The summed E-state index contributed by atoms with van der Waals surface area (Å²) < 4.78 is 0. The molecule has 5 rings (SSSR count). The fraction of sp³-hybridized carbons (Fsp3) is 0.371. The maximum Gasteiger partial charge on any atom is 0.257 e. The van der Waals surface area contributed by atoms with Crippen LogP contribution in [0.2, 0.25) is 0 Å². The van der Waals surface area contributed by atoms with Gasteiger partial charge in [0.1, 0.15) is 5.82 Å². The molecular formula is C35H43N7O2. The number of likely N-dealkylation sites (tertiary alicyclic amines) is 1. The normalized spacial score (nSPS) is 15.6. The summed E-state index contributed by atoms with van der Waals surface area (Å²) >= 11 is 0. The molecule has 0 bridgehead atoms. The Morgan fingerprint density at radius 3 is 2.25 bits per heavy atom. The third-order valence-electron chi connectivity index (χ3n) is 8.38. The average molecular weight is 594 g/mol. The Balaban J connectivity index is 1.27. The lowest BCUT2D eigenvalue weighted by Gasteiger charge is -2.32. The number of aromatic nitrogens is 1. The molecule has 2 amide bonds. The van der Waals surface area contributed by atoms with Gasteiger partial charge in [-0.3, -0.25) is 9.59 Å². The van der Waals surface area contributed by atoms with Crippen molar-refractivity contribution in [2.24, 2.45) is 0 Å². The maximum atomic E-state index is 13.7. The zero-order valence-corrected chi connectivity index (χ0v) is 26.1. The number of pyridine rings is 1. The second kappa shape index (κ2) is 13.8. The van der Waals surface area contributed by atoms with Crippen LogP contribution in [0.5, 0.6) is 0 Å². The summed E-state index contributed by atoms with van der Waals surface area (Å²) in [6.45, 7) is 5.42. The van der Waals surface area contributed by atoms with E-state index in [1.807, 2.05) is 57.2 Å². The number of carbonyl (C=O) groups excluding carboxylic acids is 2. The summed E-state index contributed by atoms with van der Waals surface area (Å²) in [5.41, 5.74) is 5.65. The Morgan fingerprint density at radius 2 is 1.66 bits per heavy atom. The first-order valence-electron chi connectivity index (χ1n) is 15.5. The molecule has 0 spiro atoms. The molecule has 9 heteroatoms.